The van der Waals surface area contributed by atoms with Crippen molar-refractivity contribution in [3.63, 3.8) is 0 Å². The molecule has 144 valence electrons. The van der Waals surface area contributed by atoms with Crippen molar-refractivity contribution in [2.45, 2.75) is 0 Å². The predicted molar refractivity (Wildman–Crippen MR) is 123 cm³/mol. The minimum absolute atomic E-state index is 0.180. The first-order chi connectivity index (χ1) is 14.1. The van der Waals surface area contributed by atoms with Crippen molar-refractivity contribution in [3.05, 3.63) is 98.6 Å². The average Bonchev–Trinajstić information content (AvgIpc) is 3.05. The van der Waals surface area contributed by atoms with Crippen LogP contribution in [0, 0.1) is 0 Å². The first-order valence-electron chi connectivity index (χ1n) is 8.86. The van der Waals surface area contributed by atoms with Crippen molar-refractivity contribution in [2.24, 2.45) is 4.99 Å². The average molecular weight is 512 g/mol. The second-order valence-corrected chi connectivity index (χ2v) is 8.11. The number of aliphatic imine (C=N–C) groups is 1. The van der Waals surface area contributed by atoms with Gasteiger partial charge in [-0.1, -0.05) is 62.2 Å². The highest BCUT2D eigenvalue weighted by atomic mass is 79.9. The van der Waals surface area contributed by atoms with Gasteiger partial charge >= 0.3 is 0 Å². The number of carbonyl (C=O) groups is 1. The van der Waals surface area contributed by atoms with Gasteiger partial charge in [0.2, 0.25) is 0 Å². The molecule has 0 bridgehead atoms. The maximum atomic E-state index is 13.3. The van der Waals surface area contributed by atoms with Crippen LogP contribution in [0.25, 0.3) is 6.08 Å². The highest BCUT2D eigenvalue weighted by molar-refractivity contribution is 9.10. The van der Waals surface area contributed by atoms with Gasteiger partial charge in [0, 0.05) is 14.5 Å². The quantitative estimate of drug-likeness (QED) is 0.400. The van der Waals surface area contributed by atoms with Crippen LogP contribution in [0.5, 0.6) is 5.75 Å². The molecule has 0 saturated carbocycles. The summed E-state index contributed by atoms with van der Waals surface area (Å²) in [6.07, 6.45) is 1.78. The first kappa shape index (κ1) is 19.6. The molecule has 1 heterocycles. The maximum absolute atomic E-state index is 13.3. The molecule has 3 aromatic rings. The summed E-state index contributed by atoms with van der Waals surface area (Å²) in [5.74, 6) is 1.13. The van der Waals surface area contributed by atoms with Crippen molar-refractivity contribution in [1.82, 2.24) is 0 Å². The largest absolute Gasteiger partial charge is 0.497 e. The lowest BCUT2D eigenvalue weighted by atomic mass is 10.1. The molecule has 29 heavy (non-hydrogen) atoms. The van der Waals surface area contributed by atoms with Crippen LogP contribution in [0.15, 0.2) is 92.4 Å². The van der Waals surface area contributed by atoms with E-state index in [1.807, 2.05) is 72.8 Å². The van der Waals surface area contributed by atoms with Gasteiger partial charge in [-0.15, -0.1) is 0 Å². The topological polar surface area (TPSA) is 41.9 Å². The Morgan fingerprint density at radius 3 is 2.45 bits per heavy atom. The van der Waals surface area contributed by atoms with Crippen molar-refractivity contribution < 1.29 is 9.53 Å². The normalized spacial score (nSPS) is 15.0. The van der Waals surface area contributed by atoms with Crippen LogP contribution in [0.2, 0.25) is 0 Å². The van der Waals surface area contributed by atoms with E-state index in [2.05, 4.69) is 31.9 Å². The number of amides is 1. The minimum atomic E-state index is -0.180. The van der Waals surface area contributed by atoms with E-state index in [4.69, 9.17) is 9.73 Å². The lowest BCUT2D eigenvalue weighted by Gasteiger charge is -2.19. The van der Waals surface area contributed by atoms with E-state index >= 15 is 0 Å². The van der Waals surface area contributed by atoms with Gasteiger partial charge in [-0.3, -0.25) is 9.69 Å². The third-order valence-corrected chi connectivity index (χ3v) is 5.68. The Balaban J connectivity index is 1.84. The molecule has 1 amide bonds. The Labute approximate surface area is 185 Å². The van der Waals surface area contributed by atoms with Crippen LogP contribution < -0.4 is 9.64 Å². The Morgan fingerprint density at radius 1 is 0.966 bits per heavy atom. The molecular formula is C23H16Br2N2O2. The van der Waals surface area contributed by atoms with E-state index in [1.54, 1.807) is 18.1 Å². The summed E-state index contributed by atoms with van der Waals surface area (Å²) < 4.78 is 7.10. The number of nitrogens with zero attached hydrogens (tertiary/aromatic N) is 2. The van der Waals surface area contributed by atoms with Crippen LogP contribution in [0.1, 0.15) is 11.1 Å². The lowest BCUT2D eigenvalue weighted by Crippen LogP contribution is -2.32. The molecule has 0 fully saturated rings. The number of anilines is 1. The van der Waals surface area contributed by atoms with E-state index < -0.39 is 0 Å². The smallest absolute Gasteiger partial charge is 0.282 e. The SMILES string of the molecule is COc1cccc(/C=C2/N=C(c3ccccc3Br)N(c3ccc(Br)cc3)C2=O)c1. The molecule has 0 N–H and O–H groups in total. The van der Waals surface area contributed by atoms with Gasteiger partial charge in [-0.05, 0) is 54.1 Å². The highest BCUT2D eigenvalue weighted by Gasteiger charge is 2.33. The van der Waals surface area contributed by atoms with Gasteiger partial charge in [-0.25, -0.2) is 4.99 Å². The van der Waals surface area contributed by atoms with Gasteiger partial charge in [0.1, 0.15) is 17.3 Å². The zero-order valence-electron chi connectivity index (χ0n) is 15.5. The molecule has 3 aromatic carbocycles. The van der Waals surface area contributed by atoms with E-state index in [1.165, 1.54) is 0 Å². The van der Waals surface area contributed by atoms with Crippen molar-refractivity contribution >= 4 is 55.4 Å². The number of hydrogen-bond acceptors (Lipinski definition) is 3. The number of benzene rings is 3. The first-order valence-corrected chi connectivity index (χ1v) is 10.4. The molecule has 1 aliphatic heterocycles. The summed E-state index contributed by atoms with van der Waals surface area (Å²) in [6.45, 7) is 0. The summed E-state index contributed by atoms with van der Waals surface area (Å²) in [5.41, 5.74) is 2.81. The highest BCUT2D eigenvalue weighted by Crippen LogP contribution is 2.31. The monoisotopic (exact) mass is 510 g/mol. The fourth-order valence-corrected chi connectivity index (χ4v) is 3.79. The van der Waals surface area contributed by atoms with Crippen molar-refractivity contribution in [1.29, 1.82) is 0 Å². The van der Waals surface area contributed by atoms with Gasteiger partial charge < -0.3 is 4.74 Å². The van der Waals surface area contributed by atoms with Crippen LogP contribution in [0.4, 0.5) is 5.69 Å². The molecule has 0 aromatic heterocycles. The number of methoxy groups -OCH3 is 1. The summed E-state index contributed by atoms with van der Waals surface area (Å²) in [5, 5.41) is 0. The molecular weight excluding hydrogens is 496 g/mol. The van der Waals surface area contributed by atoms with E-state index in [0.717, 1.165) is 31.5 Å². The van der Waals surface area contributed by atoms with E-state index in [9.17, 15) is 4.79 Å². The Kier molecular flexibility index (Phi) is 5.65. The van der Waals surface area contributed by atoms with E-state index in [-0.39, 0.29) is 5.91 Å². The van der Waals surface area contributed by atoms with Gasteiger partial charge in [0.25, 0.3) is 5.91 Å². The van der Waals surface area contributed by atoms with Crippen LogP contribution in [0.3, 0.4) is 0 Å². The van der Waals surface area contributed by atoms with Gasteiger partial charge in [-0.2, -0.15) is 0 Å². The fourth-order valence-electron chi connectivity index (χ4n) is 3.06. The maximum Gasteiger partial charge on any atom is 0.282 e. The third-order valence-electron chi connectivity index (χ3n) is 4.46. The van der Waals surface area contributed by atoms with Crippen LogP contribution in [-0.4, -0.2) is 18.9 Å². The number of hydrogen-bond donors (Lipinski definition) is 0. The van der Waals surface area contributed by atoms with Crippen LogP contribution in [-0.2, 0) is 4.79 Å². The molecule has 1 aliphatic rings. The molecule has 0 unspecified atom stereocenters. The molecule has 0 aliphatic carbocycles. The number of rotatable bonds is 4. The lowest BCUT2D eigenvalue weighted by molar-refractivity contribution is -0.113. The third kappa shape index (κ3) is 4.04. The van der Waals surface area contributed by atoms with Crippen molar-refractivity contribution in [2.75, 3.05) is 12.0 Å². The second kappa shape index (κ2) is 8.35. The molecule has 0 radical (unpaired) electrons. The number of halogens is 2. The standard InChI is InChI=1S/C23H16Br2N2O2/c1-29-18-6-4-5-15(13-18)14-21-23(28)27(17-11-9-16(24)10-12-17)22(26-21)19-7-2-3-8-20(19)25/h2-14H,1H3/b21-14+. The molecule has 0 atom stereocenters. The van der Waals surface area contributed by atoms with Gasteiger partial charge in [0.15, 0.2) is 0 Å². The number of carbonyl (C=O) groups excluding carboxylic acids is 1. The van der Waals surface area contributed by atoms with Gasteiger partial charge in [0.05, 0.1) is 12.8 Å². The zero-order chi connectivity index (χ0) is 20.4. The van der Waals surface area contributed by atoms with Crippen LogP contribution >= 0.6 is 31.9 Å². The van der Waals surface area contributed by atoms with Crippen molar-refractivity contribution in [3.8, 4) is 5.75 Å². The molecule has 4 rings (SSSR count). The zero-order valence-corrected chi connectivity index (χ0v) is 18.6. The minimum Gasteiger partial charge on any atom is -0.497 e. The Hall–Kier alpha value is -2.70. The molecule has 0 saturated heterocycles. The Morgan fingerprint density at radius 2 is 1.72 bits per heavy atom. The fraction of sp³-hybridized carbons (Fsp3) is 0.0435. The summed E-state index contributed by atoms with van der Waals surface area (Å²) in [4.78, 5) is 19.7. The summed E-state index contributed by atoms with van der Waals surface area (Å²) >= 11 is 7.03. The Bertz CT molecular complexity index is 1140. The second-order valence-electron chi connectivity index (χ2n) is 6.34. The molecule has 4 nitrogen and oxygen atoms in total. The molecule has 0 spiro atoms. The number of ether oxygens (including phenoxy) is 1. The molecule has 6 heteroatoms. The summed E-state index contributed by atoms with van der Waals surface area (Å²) in [6, 6.07) is 22.9. The number of amidine groups is 1. The van der Waals surface area contributed by atoms with E-state index in [0.29, 0.717) is 11.5 Å². The summed E-state index contributed by atoms with van der Waals surface area (Å²) in [7, 11) is 1.62. The predicted octanol–water partition coefficient (Wildman–Crippen LogP) is 6.05.